The molecule has 0 saturated carbocycles. The van der Waals surface area contributed by atoms with Gasteiger partial charge in [-0.05, 0) is 37.8 Å². The molecule has 1 aromatic carbocycles. The van der Waals surface area contributed by atoms with Gasteiger partial charge < -0.3 is 15.0 Å². The molecule has 1 heterocycles. The largest absolute Gasteiger partial charge is 0.452 e. The standard InChI is InChI=1S/C17H23N3O5/c1-3-18-16(21)11-25-17(22)13-4-5-14(15(10-13)20(23)24)19-8-6-12(2)7-9-19/h4-5,10,12H,3,6-9,11H2,1-2H3,(H,18,21). The predicted molar refractivity (Wildman–Crippen MR) is 92.7 cm³/mol. The minimum Gasteiger partial charge on any atom is -0.452 e. The number of benzene rings is 1. The lowest BCUT2D eigenvalue weighted by atomic mass is 9.98. The van der Waals surface area contributed by atoms with E-state index in [9.17, 15) is 19.7 Å². The Hall–Kier alpha value is -2.64. The molecular weight excluding hydrogens is 326 g/mol. The van der Waals surface area contributed by atoms with Gasteiger partial charge in [-0.3, -0.25) is 14.9 Å². The number of esters is 1. The van der Waals surface area contributed by atoms with E-state index in [2.05, 4.69) is 12.2 Å². The highest BCUT2D eigenvalue weighted by atomic mass is 16.6. The van der Waals surface area contributed by atoms with Crippen molar-refractivity contribution in [3.8, 4) is 0 Å². The first-order valence-corrected chi connectivity index (χ1v) is 8.39. The number of hydrogen-bond acceptors (Lipinski definition) is 6. The molecule has 8 nitrogen and oxygen atoms in total. The number of likely N-dealkylation sites (N-methyl/N-ethyl adjacent to an activating group) is 1. The Morgan fingerprint density at radius 2 is 2.04 bits per heavy atom. The molecule has 0 aliphatic carbocycles. The number of nitrogens with zero attached hydrogens (tertiary/aromatic N) is 2. The summed E-state index contributed by atoms with van der Waals surface area (Å²) in [5.41, 5.74) is 0.448. The van der Waals surface area contributed by atoms with E-state index >= 15 is 0 Å². The molecular formula is C17H23N3O5. The van der Waals surface area contributed by atoms with Crippen LogP contribution in [0, 0.1) is 16.0 Å². The van der Waals surface area contributed by atoms with Crippen LogP contribution in [0.3, 0.4) is 0 Å². The van der Waals surface area contributed by atoms with E-state index in [4.69, 9.17) is 4.74 Å². The Labute approximate surface area is 146 Å². The zero-order valence-corrected chi connectivity index (χ0v) is 14.5. The summed E-state index contributed by atoms with van der Waals surface area (Å²) < 4.78 is 4.89. The normalized spacial score (nSPS) is 14.9. The number of carbonyl (C=O) groups is 2. The summed E-state index contributed by atoms with van der Waals surface area (Å²) in [5, 5.41) is 13.9. The molecule has 0 radical (unpaired) electrons. The van der Waals surface area contributed by atoms with Crippen LogP contribution < -0.4 is 10.2 Å². The number of nitro benzene ring substituents is 1. The van der Waals surface area contributed by atoms with E-state index in [-0.39, 0.29) is 11.3 Å². The van der Waals surface area contributed by atoms with Gasteiger partial charge in [-0.2, -0.15) is 0 Å². The Morgan fingerprint density at radius 1 is 1.36 bits per heavy atom. The van der Waals surface area contributed by atoms with Crippen molar-refractivity contribution in [2.24, 2.45) is 5.92 Å². The second kappa shape index (κ2) is 8.46. The van der Waals surface area contributed by atoms with E-state index < -0.39 is 23.4 Å². The van der Waals surface area contributed by atoms with Crippen LogP contribution in [0.15, 0.2) is 18.2 Å². The highest BCUT2D eigenvalue weighted by Crippen LogP contribution is 2.32. The Balaban J connectivity index is 2.13. The maximum atomic E-state index is 12.0. The van der Waals surface area contributed by atoms with Gasteiger partial charge in [0.05, 0.1) is 10.5 Å². The number of rotatable bonds is 6. The molecule has 0 unspecified atom stereocenters. The summed E-state index contributed by atoms with van der Waals surface area (Å²) in [4.78, 5) is 36.3. The van der Waals surface area contributed by atoms with Gasteiger partial charge in [0.15, 0.2) is 6.61 Å². The fourth-order valence-corrected chi connectivity index (χ4v) is 2.78. The highest BCUT2D eigenvalue weighted by molar-refractivity contribution is 5.93. The number of nitrogens with one attached hydrogen (secondary N) is 1. The van der Waals surface area contributed by atoms with Gasteiger partial charge in [-0.15, -0.1) is 0 Å². The lowest BCUT2D eigenvalue weighted by molar-refractivity contribution is -0.384. The average Bonchev–Trinajstić information content (AvgIpc) is 2.60. The van der Waals surface area contributed by atoms with Crippen LogP contribution in [0.2, 0.25) is 0 Å². The fraction of sp³-hybridized carbons (Fsp3) is 0.529. The van der Waals surface area contributed by atoms with Crippen molar-refractivity contribution >= 4 is 23.3 Å². The Morgan fingerprint density at radius 3 is 2.64 bits per heavy atom. The number of hydrogen-bond donors (Lipinski definition) is 1. The lowest BCUT2D eigenvalue weighted by Gasteiger charge is -2.31. The lowest BCUT2D eigenvalue weighted by Crippen LogP contribution is -2.33. The van der Waals surface area contributed by atoms with E-state index in [1.54, 1.807) is 13.0 Å². The van der Waals surface area contributed by atoms with Crippen LogP contribution in [0.5, 0.6) is 0 Å². The van der Waals surface area contributed by atoms with Crippen molar-refractivity contribution < 1.29 is 19.2 Å². The molecule has 0 atom stereocenters. The summed E-state index contributed by atoms with van der Waals surface area (Å²) in [7, 11) is 0. The van der Waals surface area contributed by atoms with Crippen LogP contribution >= 0.6 is 0 Å². The maximum absolute atomic E-state index is 12.0. The summed E-state index contributed by atoms with van der Waals surface area (Å²) in [6.07, 6.45) is 1.96. The molecule has 0 bridgehead atoms. The third-order valence-electron chi connectivity index (χ3n) is 4.24. The zero-order chi connectivity index (χ0) is 18.4. The third-order valence-corrected chi connectivity index (χ3v) is 4.24. The van der Waals surface area contributed by atoms with Crippen LogP contribution in [-0.2, 0) is 9.53 Å². The van der Waals surface area contributed by atoms with Crippen molar-refractivity contribution in [2.45, 2.75) is 26.7 Å². The third kappa shape index (κ3) is 4.91. The number of amides is 1. The molecule has 2 rings (SSSR count). The van der Waals surface area contributed by atoms with Gasteiger partial charge in [0.2, 0.25) is 0 Å². The molecule has 8 heteroatoms. The SMILES string of the molecule is CCNC(=O)COC(=O)c1ccc(N2CCC(C)CC2)c([N+](=O)[O-])c1. The molecule has 0 spiro atoms. The van der Waals surface area contributed by atoms with Crippen molar-refractivity contribution in [3.05, 3.63) is 33.9 Å². The van der Waals surface area contributed by atoms with Crippen LogP contribution in [0.4, 0.5) is 11.4 Å². The van der Waals surface area contributed by atoms with Gasteiger partial charge >= 0.3 is 5.97 Å². The summed E-state index contributed by atoms with van der Waals surface area (Å²) in [6.45, 7) is 5.45. The first-order chi connectivity index (χ1) is 11.9. The molecule has 1 N–H and O–H groups in total. The van der Waals surface area contributed by atoms with E-state index in [1.165, 1.54) is 12.1 Å². The van der Waals surface area contributed by atoms with Crippen molar-refractivity contribution in [2.75, 3.05) is 31.1 Å². The maximum Gasteiger partial charge on any atom is 0.338 e. The van der Waals surface area contributed by atoms with E-state index in [1.807, 2.05) is 4.90 Å². The molecule has 1 aromatic rings. The second-order valence-corrected chi connectivity index (χ2v) is 6.16. The molecule has 25 heavy (non-hydrogen) atoms. The molecule has 1 aliphatic rings. The molecule has 0 aromatic heterocycles. The quantitative estimate of drug-likeness (QED) is 0.479. The number of nitro groups is 1. The molecule has 136 valence electrons. The average molecular weight is 349 g/mol. The smallest absolute Gasteiger partial charge is 0.338 e. The molecule has 1 saturated heterocycles. The van der Waals surface area contributed by atoms with E-state index in [0.717, 1.165) is 25.9 Å². The molecule has 1 amide bonds. The highest BCUT2D eigenvalue weighted by Gasteiger charge is 2.25. The van der Waals surface area contributed by atoms with Gasteiger partial charge in [-0.25, -0.2) is 4.79 Å². The number of carbonyl (C=O) groups excluding carboxylic acids is 2. The monoisotopic (exact) mass is 349 g/mol. The number of ether oxygens (including phenoxy) is 1. The topological polar surface area (TPSA) is 102 Å². The zero-order valence-electron chi connectivity index (χ0n) is 14.5. The minimum atomic E-state index is -0.756. The second-order valence-electron chi connectivity index (χ2n) is 6.16. The summed E-state index contributed by atoms with van der Waals surface area (Å²) in [5.74, 6) is -0.559. The van der Waals surface area contributed by atoms with Crippen molar-refractivity contribution in [3.63, 3.8) is 0 Å². The van der Waals surface area contributed by atoms with Gasteiger partial charge in [0, 0.05) is 25.7 Å². The van der Waals surface area contributed by atoms with Crippen LogP contribution in [0.1, 0.15) is 37.0 Å². The first kappa shape index (κ1) is 18.7. The van der Waals surface area contributed by atoms with Crippen molar-refractivity contribution in [1.82, 2.24) is 5.32 Å². The van der Waals surface area contributed by atoms with Crippen LogP contribution in [-0.4, -0.2) is 43.0 Å². The van der Waals surface area contributed by atoms with Crippen LogP contribution in [0.25, 0.3) is 0 Å². The Bertz CT molecular complexity index is 654. The summed E-state index contributed by atoms with van der Waals surface area (Å²) in [6, 6.07) is 4.30. The first-order valence-electron chi connectivity index (χ1n) is 8.39. The summed E-state index contributed by atoms with van der Waals surface area (Å²) >= 11 is 0. The van der Waals surface area contributed by atoms with Gasteiger partial charge in [-0.1, -0.05) is 6.92 Å². The minimum absolute atomic E-state index is 0.0603. The molecule has 1 aliphatic heterocycles. The van der Waals surface area contributed by atoms with E-state index in [0.29, 0.717) is 18.2 Å². The van der Waals surface area contributed by atoms with Gasteiger partial charge in [0.1, 0.15) is 5.69 Å². The fourth-order valence-electron chi connectivity index (χ4n) is 2.78. The number of piperidine rings is 1. The van der Waals surface area contributed by atoms with Crippen molar-refractivity contribution in [1.29, 1.82) is 0 Å². The Kier molecular flexibility index (Phi) is 6.32. The predicted octanol–water partition coefficient (Wildman–Crippen LogP) is 2.12. The molecule has 1 fully saturated rings. The number of anilines is 1. The van der Waals surface area contributed by atoms with Gasteiger partial charge in [0.25, 0.3) is 11.6 Å².